The van der Waals surface area contributed by atoms with Crippen LogP contribution in [0.2, 0.25) is 0 Å². The minimum atomic E-state index is 0.607. The summed E-state index contributed by atoms with van der Waals surface area (Å²) in [5.74, 6) is 0. The number of rotatable bonds is 2. The van der Waals surface area contributed by atoms with Crippen LogP contribution >= 0.6 is 0 Å². The maximum absolute atomic E-state index is 4.15. The van der Waals surface area contributed by atoms with Gasteiger partial charge in [-0.15, -0.1) is 0 Å². The third-order valence-corrected chi connectivity index (χ3v) is 2.93. The van der Waals surface area contributed by atoms with Crippen LogP contribution in [-0.4, -0.2) is 42.5 Å². The largest absolute Gasteiger partial charge is 0.373 e. The zero-order chi connectivity index (χ0) is 10.0. The molecule has 0 spiro atoms. The van der Waals surface area contributed by atoms with E-state index in [0.29, 0.717) is 12.1 Å². The summed E-state index contributed by atoms with van der Waals surface area (Å²) in [6.45, 7) is 9.79. The lowest BCUT2D eigenvalue weighted by molar-refractivity contribution is 0.164. The van der Waals surface area contributed by atoms with Crippen LogP contribution in [0.5, 0.6) is 0 Å². The highest BCUT2D eigenvalue weighted by atomic mass is 15.2. The van der Waals surface area contributed by atoms with Gasteiger partial charge in [0.1, 0.15) is 0 Å². The van der Waals surface area contributed by atoms with Crippen molar-refractivity contribution in [1.29, 1.82) is 0 Å². The summed E-state index contributed by atoms with van der Waals surface area (Å²) in [6, 6.07) is 1.30. The van der Waals surface area contributed by atoms with Crippen LogP contribution in [0.25, 0.3) is 0 Å². The molecule has 76 valence electrons. The number of likely N-dealkylation sites (tertiary alicyclic amines) is 1. The van der Waals surface area contributed by atoms with Gasteiger partial charge in [0.05, 0.1) is 0 Å². The fourth-order valence-corrected chi connectivity index (χ4v) is 2.00. The fraction of sp³-hybridized carbons (Fsp3) is 0.818. The third kappa shape index (κ3) is 2.47. The Morgan fingerprint density at radius 2 is 2.08 bits per heavy atom. The first-order valence-corrected chi connectivity index (χ1v) is 5.13. The molecule has 2 heteroatoms. The maximum Gasteiger partial charge on any atom is 0.0230 e. The predicted octanol–water partition coefficient (Wildman–Crippen LogP) is 1.93. The van der Waals surface area contributed by atoms with Crippen molar-refractivity contribution < 1.29 is 0 Å². The molecule has 0 saturated carbocycles. The van der Waals surface area contributed by atoms with E-state index in [4.69, 9.17) is 0 Å². The van der Waals surface area contributed by atoms with Gasteiger partial charge in [0, 0.05) is 30.7 Å². The summed E-state index contributed by atoms with van der Waals surface area (Å²) in [5, 5.41) is 0. The first-order chi connectivity index (χ1) is 6.02. The van der Waals surface area contributed by atoms with Crippen molar-refractivity contribution in [3.8, 4) is 0 Å². The normalized spacial score (nSPS) is 24.6. The van der Waals surface area contributed by atoms with E-state index >= 15 is 0 Å². The van der Waals surface area contributed by atoms with Gasteiger partial charge >= 0.3 is 0 Å². The Hall–Kier alpha value is -0.500. The topological polar surface area (TPSA) is 6.48 Å². The molecular weight excluding hydrogens is 160 g/mol. The molecule has 0 N–H and O–H groups in total. The lowest BCUT2D eigenvalue weighted by Crippen LogP contribution is -2.42. The Morgan fingerprint density at radius 1 is 1.46 bits per heavy atom. The van der Waals surface area contributed by atoms with Crippen LogP contribution in [0.1, 0.15) is 26.7 Å². The van der Waals surface area contributed by atoms with Crippen LogP contribution < -0.4 is 0 Å². The van der Waals surface area contributed by atoms with Gasteiger partial charge in [-0.1, -0.05) is 6.58 Å². The van der Waals surface area contributed by atoms with Crippen LogP contribution in [-0.2, 0) is 0 Å². The Labute approximate surface area is 82.2 Å². The van der Waals surface area contributed by atoms with Crippen molar-refractivity contribution in [2.45, 2.75) is 38.8 Å². The smallest absolute Gasteiger partial charge is 0.0230 e. The molecule has 1 saturated heterocycles. The highest BCUT2D eigenvalue weighted by Crippen LogP contribution is 2.23. The Kier molecular flexibility index (Phi) is 3.37. The molecule has 2 nitrogen and oxygen atoms in total. The minimum Gasteiger partial charge on any atom is -0.373 e. The number of piperidine rings is 1. The molecule has 0 aromatic carbocycles. The van der Waals surface area contributed by atoms with E-state index < -0.39 is 0 Å². The summed E-state index contributed by atoms with van der Waals surface area (Å²) in [5.41, 5.74) is 1.31. The van der Waals surface area contributed by atoms with Crippen LogP contribution in [0.15, 0.2) is 12.3 Å². The molecule has 0 bridgehead atoms. The zero-order valence-corrected chi connectivity index (χ0v) is 9.38. The van der Waals surface area contributed by atoms with Gasteiger partial charge in [-0.25, -0.2) is 0 Å². The molecule has 0 aromatic rings. The van der Waals surface area contributed by atoms with Crippen molar-refractivity contribution in [2.24, 2.45) is 0 Å². The SMILES string of the molecule is C=C1CC(N(C)C)CCN1C(C)C. The minimum absolute atomic E-state index is 0.607. The Bertz CT molecular complexity index is 185. The summed E-state index contributed by atoms with van der Waals surface area (Å²) in [7, 11) is 4.31. The number of nitrogens with zero attached hydrogens (tertiary/aromatic N) is 2. The van der Waals surface area contributed by atoms with Crippen LogP contribution in [0.4, 0.5) is 0 Å². The van der Waals surface area contributed by atoms with Crippen molar-refractivity contribution in [2.75, 3.05) is 20.6 Å². The van der Waals surface area contributed by atoms with Crippen LogP contribution in [0.3, 0.4) is 0 Å². The van der Waals surface area contributed by atoms with Crippen molar-refractivity contribution in [1.82, 2.24) is 9.80 Å². The molecule has 1 aliphatic heterocycles. The summed E-state index contributed by atoms with van der Waals surface area (Å²) < 4.78 is 0. The van der Waals surface area contributed by atoms with Crippen molar-refractivity contribution in [3.63, 3.8) is 0 Å². The molecule has 0 aliphatic carbocycles. The zero-order valence-electron chi connectivity index (χ0n) is 9.38. The standard InChI is InChI=1S/C11H22N2/c1-9(2)13-7-6-11(12(4)5)8-10(13)3/h9,11H,3,6-8H2,1-2,4-5H3. The van der Waals surface area contributed by atoms with Gasteiger partial charge in [-0.05, 0) is 34.4 Å². The van der Waals surface area contributed by atoms with E-state index in [0.717, 1.165) is 6.42 Å². The first-order valence-electron chi connectivity index (χ1n) is 5.13. The molecule has 1 unspecified atom stereocenters. The van der Waals surface area contributed by atoms with E-state index in [2.05, 4.69) is 44.3 Å². The highest BCUT2D eigenvalue weighted by molar-refractivity contribution is 5.02. The second-order valence-electron chi connectivity index (χ2n) is 4.46. The fourth-order valence-electron chi connectivity index (χ4n) is 2.00. The molecule has 1 rings (SSSR count). The van der Waals surface area contributed by atoms with Crippen LogP contribution in [0, 0.1) is 0 Å². The molecule has 1 fully saturated rings. The summed E-state index contributed by atoms with van der Waals surface area (Å²) in [4.78, 5) is 4.73. The number of hydrogen-bond acceptors (Lipinski definition) is 2. The second-order valence-corrected chi connectivity index (χ2v) is 4.46. The highest BCUT2D eigenvalue weighted by Gasteiger charge is 2.23. The van der Waals surface area contributed by atoms with E-state index in [1.807, 2.05) is 0 Å². The Balaban J connectivity index is 2.52. The van der Waals surface area contributed by atoms with E-state index in [-0.39, 0.29) is 0 Å². The molecule has 13 heavy (non-hydrogen) atoms. The third-order valence-electron chi connectivity index (χ3n) is 2.93. The predicted molar refractivity (Wildman–Crippen MR) is 57.7 cm³/mol. The van der Waals surface area contributed by atoms with E-state index in [1.54, 1.807) is 0 Å². The molecule has 1 atom stereocenters. The van der Waals surface area contributed by atoms with Crippen molar-refractivity contribution in [3.05, 3.63) is 12.3 Å². The lowest BCUT2D eigenvalue weighted by Gasteiger charge is -2.40. The van der Waals surface area contributed by atoms with E-state index in [1.165, 1.54) is 18.7 Å². The molecule has 1 heterocycles. The van der Waals surface area contributed by atoms with Gasteiger partial charge in [0.25, 0.3) is 0 Å². The summed E-state index contributed by atoms with van der Waals surface area (Å²) in [6.07, 6.45) is 2.40. The average Bonchev–Trinajstić information content (AvgIpc) is 2.03. The average molecular weight is 182 g/mol. The van der Waals surface area contributed by atoms with Gasteiger partial charge in [0.15, 0.2) is 0 Å². The molecule has 0 amide bonds. The maximum atomic E-state index is 4.15. The van der Waals surface area contributed by atoms with Crippen molar-refractivity contribution >= 4 is 0 Å². The summed E-state index contributed by atoms with van der Waals surface area (Å²) >= 11 is 0. The Morgan fingerprint density at radius 3 is 2.46 bits per heavy atom. The molecule has 0 aromatic heterocycles. The monoisotopic (exact) mass is 182 g/mol. The van der Waals surface area contributed by atoms with Gasteiger partial charge in [0.2, 0.25) is 0 Å². The number of hydrogen-bond donors (Lipinski definition) is 0. The quantitative estimate of drug-likeness (QED) is 0.644. The van der Waals surface area contributed by atoms with Gasteiger partial charge < -0.3 is 9.80 Å². The van der Waals surface area contributed by atoms with Gasteiger partial charge in [-0.3, -0.25) is 0 Å². The molecule has 0 radical (unpaired) electrons. The molecule has 1 aliphatic rings. The lowest BCUT2D eigenvalue weighted by atomic mass is 10.00. The second kappa shape index (κ2) is 4.14. The van der Waals surface area contributed by atoms with E-state index in [9.17, 15) is 0 Å². The van der Waals surface area contributed by atoms with Gasteiger partial charge in [-0.2, -0.15) is 0 Å². The first kappa shape index (κ1) is 10.6. The molecular formula is C11H22N2.